The number of fused-ring (bicyclic) bond motifs is 2. The molecule has 4 heterocycles. The number of aromatic nitrogens is 5. The van der Waals surface area contributed by atoms with Crippen molar-refractivity contribution in [3.63, 3.8) is 0 Å². The number of pyridine rings is 1. The van der Waals surface area contributed by atoms with Crippen molar-refractivity contribution in [2.75, 3.05) is 32.1 Å². The first-order chi connectivity index (χ1) is 23.7. The van der Waals surface area contributed by atoms with Crippen LogP contribution in [0.4, 0.5) is 11.5 Å². The van der Waals surface area contributed by atoms with Crippen LogP contribution in [0.5, 0.6) is 5.88 Å². The third-order valence-electron chi connectivity index (χ3n) is 9.74. The van der Waals surface area contributed by atoms with Crippen LogP contribution in [-0.4, -0.2) is 62.1 Å². The summed E-state index contributed by atoms with van der Waals surface area (Å²) >= 11 is 7.20. The van der Waals surface area contributed by atoms with Gasteiger partial charge in [0.2, 0.25) is 5.88 Å². The second-order valence-corrected chi connectivity index (χ2v) is 12.8. The fraction of sp³-hybridized carbons (Fsp3) is 0.306. The number of ether oxygens (including phenoxy) is 1. The van der Waals surface area contributed by atoms with Crippen molar-refractivity contribution >= 4 is 40.5 Å². The van der Waals surface area contributed by atoms with Gasteiger partial charge in [0, 0.05) is 42.5 Å². The zero-order valence-corrected chi connectivity index (χ0v) is 29.9. The first kappa shape index (κ1) is 35.3. The van der Waals surface area contributed by atoms with Crippen LogP contribution >= 0.6 is 11.6 Å². The normalized spacial score (nSPS) is 15.9. The fourth-order valence-electron chi connectivity index (χ4n) is 7.18. The third kappa shape index (κ3) is 6.08. The van der Waals surface area contributed by atoms with Crippen molar-refractivity contribution in [1.82, 2.24) is 34.3 Å². The number of nitrogens with one attached hydrogen (secondary N) is 2. The van der Waals surface area contributed by atoms with Crippen LogP contribution in [0.3, 0.4) is 0 Å². The molecule has 1 aliphatic heterocycles. The zero-order chi connectivity index (χ0) is 34.4. The van der Waals surface area contributed by atoms with E-state index < -0.39 is 11.2 Å². The molecular formula is C36H35ClMnN8O4. The maximum absolute atomic E-state index is 13.1. The van der Waals surface area contributed by atoms with E-state index in [9.17, 15) is 14.4 Å². The number of nitrogens with zero attached hydrogens (tertiary/aromatic N) is 6. The number of aryl methyl sites for hydroxylation is 2. The zero-order valence-electron chi connectivity index (χ0n) is 28.0. The number of benzene rings is 2. The Kier molecular flexibility index (Phi) is 10.1. The van der Waals surface area contributed by atoms with Crippen LogP contribution in [0.1, 0.15) is 35.6 Å². The molecule has 7 rings (SSSR count). The summed E-state index contributed by atoms with van der Waals surface area (Å²) in [5.41, 5.74) is 6.48. The Morgan fingerprint density at radius 3 is 2.62 bits per heavy atom. The summed E-state index contributed by atoms with van der Waals surface area (Å²) in [6.07, 6.45) is 5.92. The van der Waals surface area contributed by atoms with Crippen LogP contribution in [0.2, 0.25) is 5.02 Å². The van der Waals surface area contributed by atoms with Gasteiger partial charge >= 0.3 is 22.8 Å². The van der Waals surface area contributed by atoms with Crippen LogP contribution < -0.4 is 26.6 Å². The van der Waals surface area contributed by atoms with Gasteiger partial charge in [0.05, 0.1) is 17.8 Å². The maximum atomic E-state index is 13.1. The Morgan fingerprint density at radius 2 is 1.84 bits per heavy atom. The molecule has 1 radical (unpaired) electrons. The van der Waals surface area contributed by atoms with Crippen LogP contribution in [0.15, 0.2) is 58.4 Å². The predicted octanol–water partition coefficient (Wildman–Crippen LogP) is 4.39. The summed E-state index contributed by atoms with van der Waals surface area (Å²) in [7, 11) is 4.66. The standard InChI is InChI=1S/C36H35ClN8O4.Mn/c1-20-23(7-6-10-26(20)41-32-30-33(40-18-39-32)43(2)36(48)44(3)35(30)47)24-8-5-9-25(31(24)37)27-15-22-11-12-28(29(22)34(42-27)49-4)45-14-13-21(17-45)16-38-19-46;/h5-10,15,18,28H,11-14,16-17H2,1-4H3,(H,38,46)(H,39,40,41);/q-2;+2/t28-;/m1./s1. The van der Waals surface area contributed by atoms with Crippen LogP contribution in [0, 0.1) is 12.8 Å². The van der Waals surface area contributed by atoms with Gasteiger partial charge in [-0.15, -0.1) is 13.1 Å². The van der Waals surface area contributed by atoms with Crippen LogP contribution in [-0.2, 0) is 42.4 Å². The number of halogens is 1. The number of methoxy groups -OCH3 is 1. The SMILES string of the molecule is COc1nc(-c2cccc(-c3cccc(Nc4ncnc5c4c(=O)n(C)c(=O)n5C)c3C)c2Cl)cc2c1[C@H](N1CC[C-](CN[C-]=O)C1)CC2.[Mn+2]. The molecular weight excluding hydrogens is 699 g/mol. The van der Waals surface area contributed by atoms with E-state index >= 15 is 0 Å². The molecule has 2 aliphatic rings. The fourth-order valence-corrected chi connectivity index (χ4v) is 7.50. The number of rotatable bonds is 9. The second-order valence-electron chi connectivity index (χ2n) is 12.5. The van der Waals surface area contributed by atoms with E-state index in [-0.39, 0.29) is 34.1 Å². The van der Waals surface area contributed by atoms with E-state index in [1.54, 1.807) is 20.6 Å². The summed E-state index contributed by atoms with van der Waals surface area (Å²) in [5, 5.41) is 6.75. The minimum absolute atomic E-state index is 0. The molecule has 257 valence electrons. The summed E-state index contributed by atoms with van der Waals surface area (Å²) in [6.45, 7) is 4.29. The molecule has 1 aliphatic carbocycles. The number of amides is 1. The van der Waals surface area contributed by atoms with Gasteiger partial charge in [-0.2, -0.15) is 12.8 Å². The molecule has 2 N–H and O–H groups in total. The minimum Gasteiger partial charge on any atom is -0.554 e. The summed E-state index contributed by atoms with van der Waals surface area (Å²) in [6, 6.07) is 14.0. The first-order valence-corrected chi connectivity index (χ1v) is 16.4. The predicted molar refractivity (Wildman–Crippen MR) is 189 cm³/mol. The van der Waals surface area contributed by atoms with Gasteiger partial charge in [0.25, 0.3) is 5.56 Å². The van der Waals surface area contributed by atoms with E-state index in [0.717, 1.165) is 76.1 Å². The molecule has 1 atom stereocenters. The van der Waals surface area contributed by atoms with E-state index in [2.05, 4.69) is 31.6 Å². The molecule has 0 bridgehead atoms. The average Bonchev–Trinajstić information content (AvgIpc) is 3.77. The second kappa shape index (κ2) is 14.4. The molecule has 1 amide bonds. The van der Waals surface area contributed by atoms with Crippen molar-refractivity contribution in [3.8, 4) is 28.3 Å². The number of anilines is 2. The van der Waals surface area contributed by atoms with Gasteiger partial charge in [0.1, 0.15) is 17.5 Å². The molecule has 14 heteroatoms. The van der Waals surface area contributed by atoms with Gasteiger partial charge in [-0.3, -0.25) is 19.8 Å². The van der Waals surface area contributed by atoms with Crippen molar-refractivity contribution < 1.29 is 26.6 Å². The summed E-state index contributed by atoms with van der Waals surface area (Å²) in [4.78, 5) is 52.3. The van der Waals surface area contributed by atoms with Gasteiger partial charge < -0.3 is 25.1 Å². The van der Waals surface area contributed by atoms with E-state index in [1.165, 1.54) is 29.4 Å². The maximum Gasteiger partial charge on any atom is 2.00 e. The van der Waals surface area contributed by atoms with Gasteiger partial charge in [-0.05, 0) is 55.1 Å². The molecule has 0 saturated carbocycles. The minimum atomic E-state index is -0.483. The Labute approximate surface area is 304 Å². The Bertz CT molecular complexity index is 2240. The molecule has 0 spiro atoms. The Hall–Kier alpha value is -4.55. The number of hydrogen-bond acceptors (Lipinski definition) is 9. The van der Waals surface area contributed by atoms with E-state index in [4.69, 9.17) is 21.3 Å². The summed E-state index contributed by atoms with van der Waals surface area (Å²) in [5.74, 6) is 2.20. The monoisotopic (exact) mass is 733 g/mol. The van der Waals surface area contributed by atoms with Crippen LogP contribution in [0.25, 0.3) is 33.4 Å². The number of carbonyl (C=O) groups excluding carboxylic acids is 1. The molecule has 5 aromatic rings. The molecule has 1 saturated heterocycles. The van der Waals surface area contributed by atoms with E-state index in [1.807, 2.05) is 43.3 Å². The number of hydrogen-bond donors (Lipinski definition) is 2. The first-order valence-electron chi connectivity index (χ1n) is 16.0. The van der Waals surface area contributed by atoms with Gasteiger partial charge in [-0.25, -0.2) is 19.7 Å². The van der Waals surface area contributed by atoms with Crippen molar-refractivity contribution in [2.45, 2.75) is 32.2 Å². The Balaban J connectivity index is 0.00000432. The van der Waals surface area contributed by atoms with E-state index in [0.29, 0.717) is 23.3 Å². The molecule has 50 heavy (non-hydrogen) atoms. The largest absolute Gasteiger partial charge is 2.00 e. The molecule has 3 aromatic heterocycles. The van der Waals surface area contributed by atoms with Crippen molar-refractivity contribution in [1.29, 1.82) is 0 Å². The average molecular weight is 734 g/mol. The molecule has 12 nitrogen and oxygen atoms in total. The quantitative estimate of drug-likeness (QED) is 0.129. The molecule has 1 fully saturated rings. The molecule has 2 aromatic carbocycles. The van der Waals surface area contributed by atoms with Gasteiger partial charge in [0.15, 0.2) is 5.65 Å². The van der Waals surface area contributed by atoms with Crippen molar-refractivity contribution in [3.05, 3.63) is 97.3 Å². The third-order valence-corrected chi connectivity index (χ3v) is 10.1. The topological polar surface area (TPSA) is 136 Å². The molecule has 0 unspecified atom stereocenters. The van der Waals surface area contributed by atoms with Gasteiger partial charge in [-0.1, -0.05) is 41.9 Å². The summed E-state index contributed by atoms with van der Waals surface area (Å²) < 4.78 is 8.27. The van der Waals surface area contributed by atoms with Crippen molar-refractivity contribution in [2.24, 2.45) is 14.1 Å². The smallest absolute Gasteiger partial charge is 0.554 e. The number of likely N-dealkylation sites (tertiary alicyclic amines) is 1. The Morgan fingerprint density at radius 1 is 1.08 bits per heavy atom.